The maximum atomic E-state index is 13.9. The van der Waals surface area contributed by atoms with Crippen LogP contribution in [0.5, 0.6) is 0 Å². The minimum absolute atomic E-state index is 0.0102. The molecule has 9 heteroatoms. The van der Waals surface area contributed by atoms with Crippen molar-refractivity contribution >= 4 is 27.4 Å². The Morgan fingerprint density at radius 3 is 2.46 bits per heavy atom. The Labute approximate surface area is 166 Å². The highest BCUT2D eigenvalue weighted by Gasteiger charge is 2.18. The topological polar surface area (TPSA) is 78.3 Å². The van der Waals surface area contributed by atoms with Crippen molar-refractivity contribution in [1.29, 1.82) is 0 Å². The summed E-state index contributed by atoms with van der Waals surface area (Å²) in [5.41, 5.74) is 2.19. The number of aryl methyl sites for hydroxylation is 1. The molecule has 3 rings (SSSR count). The van der Waals surface area contributed by atoms with Crippen LogP contribution in [0.3, 0.4) is 0 Å². The van der Waals surface area contributed by atoms with E-state index in [4.69, 9.17) is 11.6 Å². The number of benzene rings is 2. The van der Waals surface area contributed by atoms with Crippen molar-refractivity contribution in [2.45, 2.75) is 18.7 Å². The number of rotatable bonds is 5. The summed E-state index contributed by atoms with van der Waals surface area (Å²) < 4.78 is 44.4. The minimum Gasteiger partial charge on any atom is -0.449 e. The van der Waals surface area contributed by atoms with Gasteiger partial charge in [0.05, 0.1) is 16.3 Å². The molecule has 0 spiro atoms. The molecular formula is C19H16ClFN2O4S. The lowest BCUT2D eigenvalue weighted by Crippen LogP contribution is -2.12. The first-order valence-electron chi connectivity index (χ1n) is 8.16. The van der Waals surface area contributed by atoms with Gasteiger partial charge in [0.2, 0.25) is 9.84 Å². The van der Waals surface area contributed by atoms with E-state index in [9.17, 15) is 17.6 Å². The molecule has 0 aliphatic rings. The SMILES string of the molecule is CC(=O)OCS(=O)(=O)c1ccc(-c2cc(Cl)nn2-c2ccc(C)c(F)c2)cc1. The second-order valence-electron chi connectivity index (χ2n) is 6.09. The van der Waals surface area contributed by atoms with Gasteiger partial charge in [0, 0.05) is 18.6 Å². The van der Waals surface area contributed by atoms with E-state index < -0.39 is 21.7 Å². The molecule has 0 atom stereocenters. The van der Waals surface area contributed by atoms with Crippen LogP contribution in [0.25, 0.3) is 16.9 Å². The number of carbonyl (C=O) groups excluding carboxylic acids is 1. The molecular weight excluding hydrogens is 407 g/mol. The summed E-state index contributed by atoms with van der Waals surface area (Å²) in [7, 11) is -3.76. The first-order valence-corrected chi connectivity index (χ1v) is 10.2. The third kappa shape index (κ3) is 4.23. The first-order chi connectivity index (χ1) is 13.2. The van der Waals surface area contributed by atoms with Crippen LogP contribution in [0.4, 0.5) is 4.39 Å². The summed E-state index contributed by atoms with van der Waals surface area (Å²) in [6, 6.07) is 12.2. The quantitative estimate of drug-likeness (QED) is 0.582. The number of esters is 1. The van der Waals surface area contributed by atoms with Crippen LogP contribution in [-0.2, 0) is 19.4 Å². The first kappa shape index (κ1) is 20.0. The lowest BCUT2D eigenvalue weighted by molar-refractivity contribution is -0.138. The van der Waals surface area contributed by atoms with E-state index in [-0.39, 0.29) is 15.9 Å². The summed E-state index contributed by atoms with van der Waals surface area (Å²) in [6.45, 7) is 2.79. The third-order valence-corrected chi connectivity index (χ3v) is 5.61. The van der Waals surface area contributed by atoms with Crippen LogP contribution in [0.15, 0.2) is 53.4 Å². The highest BCUT2D eigenvalue weighted by atomic mass is 35.5. The fourth-order valence-corrected chi connectivity index (χ4v) is 3.72. The van der Waals surface area contributed by atoms with Crippen molar-refractivity contribution in [3.05, 3.63) is 65.1 Å². The Hall–Kier alpha value is -2.71. The van der Waals surface area contributed by atoms with Crippen molar-refractivity contribution in [2.24, 2.45) is 0 Å². The summed E-state index contributed by atoms with van der Waals surface area (Å²) in [6.07, 6.45) is 0. The van der Waals surface area contributed by atoms with Crippen molar-refractivity contribution in [1.82, 2.24) is 9.78 Å². The number of carbonyl (C=O) groups is 1. The Morgan fingerprint density at radius 2 is 1.86 bits per heavy atom. The fraction of sp³-hybridized carbons (Fsp3) is 0.158. The van der Waals surface area contributed by atoms with Gasteiger partial charge in [-0.15, -0.1) is 0 Å². The maximum absolute atomic E-state index is 13.9. The molecule has 0 fully saturated rings. The van der Waals surface area contributed by atoms with Gasteiger partial charge in [-0.05, 0) is 36.8 Å². The van der Waals surface area contributed by atoms with Crippen molar-refractivity contribution in [3.63, 3.8) is 0 Å². The van der Waals surface area contributed by atoms with Crippen molar-refractivity contribution in [2.75, 3.05) is 5.94 Å². The van der Waals surface area contributed by atoms with E-state index in [0.717, 1.165) is 6.92 Å². The number of halogens is 2. The molecule has 0 aliphatic heterocycles. The largest absolute Gasteiger partial charge is 0.449 e. The molecule has 1 aromatic heterocycles. The maximum Gasteiger partial charge on any atom is 0.303 e. The molecule has 0 aliphatic carbocycles. The third-order valence-electron chi connectivity index (χ3n) is 4.01. The Morgan fingerprint density at radius 1 is 1.18 bits per heavy atom. The number of nitrogens with zero attached hydrogens (tertiary/aromatic N) is 2. The predicted molar refractivity (Wildman–Crippen MR) is 103 cm³/mol. The van der Waals surface area contributed by atoms with Gasteiger partial charge in [-0.2, -0.15) is 5.10 Å². The molecule has 146 valence electrons. The van der Waals surface area contributed by atoms with Crippen LogP contribution in [0.2, 0.25) is 5.15 Å². The summed E-state index contributed by atoms with van der Waals surface area (Å²) >= 11 is 6.04. The Bertz CT molecular complexity index is 1140. The molecule has 0 saturated carbocycles. The van der Waals surface area contributed by atoms with Crippen LogP contribution in [0, 0.1) is 12.7 Å². The van der Waals surface area contributed by atoms with E-state index in [1.807, 2.05) is 0 Å². The molecule has 0 unspecified atom stereocenters. The molecule has 2 aromatic carbocycles. The zero-order valence-corrected chi connectivity index (χ0v) is 16.6. The summed E-state index contributed by atoms with van der Waals surface area (Å²) in [5.74, 6) is -1.78. The van der Waals surface area contributed by atoms with E-state index in [1.54, 1.807) is 37.3 Å². The van der Waals surface area contributed by atoms with Gasteiger partial charge in [0.1, 0.15) is 5.82 Å². The Balaban J connectivity index is 1.97. The number of ether oxygens (including phenoxy) is 1. The van der Waals surface area contributed by atoms with Crippen molar-refractivity contribution in [3.8, 4) is 16.9 Å². The number of aromatic nitrogens is 2. The minimum atomic E-state index is -3.76. The molecule has 0 N–H and O–H groups in total. The van der Waals surface area contributed by atoms with E-state index in [2.05, 4.69) is 9.84 Å². The van der Waals surface area contributed by atoms with Gasteiger partial charge in [-0.1, -0.05) is 29.8 Å². The number of sulfone groups is 1. The average molecular weight is 423 g/mol. The standard InChI is InChI=1S/C19H16ClFN2O4S/c1-12-3-6-15(9-17(12)21)23-18(10-19(20)22-23)14-4-7-16(8-5-14)28(25,26)11-27-13(2)24/h3-10H,11H2,1-2H3. The second-order valence-corrected chi connectivity index (χ2v) is 8.41. The Kier molecular flexibility index (Phi) is 5.53. The molecule has 0 radical (unpaired) electrons. The monoisotopic (exact) mass is 422 g/mol. The van der Waals surface area contributed by atoms with Gasteiger partial charge in [-0.25, -0.2) is 17.5 Å². The smallest absolute Gasteiger partial charge is 0.303 e. The lowest BCUT2D eigenvalue weighted by Gasteiger charge is -2.10. The molecule has 1 heterocycles. The van der Waals surface area contributed by atoms with Crippen LogP contribution in [0.1, 0.15) is 12.5 Å². The van der Waals surface area contributed by atoms with E-state index >= 15 is 0 Å². The van der Waals surface area contributed by atoms with Crippen LogP contribution < -0.4 is 0 Å². The average Bonchev–Trinajstić information content (AvgIpc) is 3.04. The molecule has 0 saturated heterocycles. The van der Waals surface area contributed by atoms with Crippen LogP contribution in [-0.4, -0.2) is 30.1 Å². The van der Waals surface area contributed by atoms with Crippen LogP contribution >= 0.6 is 11.6 Å². The zero-order chi connectivity index (χ0) is 20.5. The molecule has 6 nitrogen and oxygen atoms in total. The van der Waals surface area contributed by atoms with E-state index in [0.29, 0.717) is 22.5 Å². The van der Waals surface area contributed by atoms with Gasteiger partial charge in [0.15, 0.2) is 11.1 Å². The predicted octanol–water partition coefficient (Wildman–Crippen LogP) is 3.93. The lowest BCUT2D eigenvalue weighted by atomic mass is 10.1. The molecule has 0 amide bonds. The molecule has 3 aromatic rings. The molecule has 0 bridgehead atoms. The van der Waals surface area contributed by atoms with Gasteiger partial charge < -0.3 is 4.74 Å². The highest BCUT2D eigenvalue weighted by Crippen LogP contribution is 2.28. The van der Waals surface area contributed by atoms with Gasteiger partial charge >= 0.3 is 5.97 Å². The highest BCUT2D eigenvalue weighted by molar-refractivity contribution is 7.91. The van der Waals surface area contributed by atoms with E-state index in [1.165, 1.54) is 22.9 Å². The fourth-order valence-electron chi connectivity index (χ4n) is 2.53. The van der Waals surface area contributed by atoms with Gasteiger partial charge in [0.25, 0.3) is 0 Å². The number of hydrogen-bond acceptors (Lipinski definition) is 5. The summed E-state index contributed by atoms with van der Waals surface area (Å²) in [5, 5.41) is 4.40. The normalized spacial score (nSPS) is 11.4. The zero-order valence-electron chi connectivity index (χ0n) is 15.0. The van der Waals surface area contributed by atoms with Gasteiger partial charge in [-0.3, -0.25) is 4.79 Å². The molecule has 28 heavy (non-hydrogen) atoms. The summed E-state index contributed by atoms with van der Waals surface area (Å²) in [4.78, 5) is 10.9. The second kappa shape index (κ2) is 7.73. The number of hydrogen-bond donors (Lipinski definition) is 0. The van der Waals surface area contributed by atoms with Crippen molar-refractivity contribution < 1.29 is 22.3 Å².